The molecular weight excluding hydrogens is 391 g/mol. The summed E-state index contributed by atoms with van der Waals surface area (Å²) >= 11 is 0. The minimum Gasteiger partial charge on any atom is -0.352 e. The minimum atomic E-state index is -0.287. The highest BCUT2D eigenvalue weighted by atomic mass is 35.5. The van der Waals surface area contributed by atoms with E-state index in [0.717, 1.165) is 41.9 Å². The average Bonchev–Trinajstić information content (AvgIpc) is 3.38. The smallest absolute Gasteiger partial charge is 0.221 e. The highest BCUT2D eigenvalue weighted by Gasteiger charge is 2.18. The molecular formula is C22H24ClFN4O. The lowest BCUT2D eigenvalue weighted by Crippen LogP contribution is -2.31. The lowest BCUT2D eigenvalue weighted by atomic mass is 10.1. The van der Waals surface area contributed by atoms with E-state index in [2.05, 4.69) is 10.6 Å². The molecule has 0 saturated carbocycles. The van der Waals surface area contributed by atoms with E-state index >= 15 is 0 Å². The molecule has 29 heavy (non-hydrogen) atoms. The fourth-order valence-electron chi connectivity index (χ4n) is 3.52. The van der Waals surface area contributed by atoms with Crippen molar-refractivity contribution in [2.45, 2.75) is 31.8 Å². The fraction of sp³-hybridized carbons (Fsp3) is 0.273. The molecule has 2 N–H and O–H groups in total. The number of aromatic nitrogens is 2. The summed E-state index contributed by atoms with van der Waals surface area (Å²) in [7, 11) is 0. The molecule has 1 amide bonds. The van der Waals surface area contributed by atoms with Crippen molar-refractivity contribution in [1.82, 2.24) is 20.4 Å². The molecule has 1 aromatic heterocycles. The standard InChI is InChI=1S/C22H23FN4O.ClH/c23-18-10-8-16(9-11-18)22-17(14-25-21(28)13-19-5-4-12-24-19)15-27(26-22)20-6-2-1-3-7-20;/h1-3,6-11,15,19,24H,4-5,12-14H2,(H,25,28);1H. The number of hydrogen-bond acceptors (Lipinski definition) is 3. The molecule has 0 spiro atoms. The van der Waals surface area contributed by atoms with Crippen LogP contribution in [0.5, 0.6) is 0 Å². The molecule has 2 heterocycles. The Kier molecular flexibility index (Phi) is 7.01. The van der Waals surface area contributed by atoms with Crippen molar-refractivity contribution >= 4 is 18.3 Å². The number of nitrogens with zero attached hydrogens (tertiary/aromatic N) is 2. The maximum Gasteiger partial charge on any atom is 0.221 e. The van der Waals surface area contributed by atoms with Crippen LogP contribution in [0.1, 0.15) is 24.8 Å². The Labute approximate surface area is 175 Å². The summed E-state index contributed by atoms with van der Waals surface area (Å²) in [6.45, 7) is 1.36. The van der Waals surface area contributed by atoms with E-state index in [0.29, 0.717) is 13.0 Å². The Bertz CT molecular complexity index is 937. The molecule has 1 atom stereocenters. The summed E-state index contributed by atoms with van der Waals surface area (Å²) < 4.78 is 15.1. The molecule has 2 aromatic carbocycles. The fourth-order valence-corrected chi connectivity index (χ4v) is 3.52. The van der Waals surface area contributed by atoms with E-state index in [1.165, 1.54) is 12.1 Å². The van der Waals surface area contributed by atoms with E-state index in [1.807, 2.05) is 36.5 Å². The SMILES string of the molecule is Cl.O=C(CC1CCCN1)NCc1cn(-c2ccccc2)nc1-c1ccc(F)cc1. The summed E-state index contributed by atoms with van der Waals surface area (Å²) in [4.78, 5) is 12.3. The normalized spacial score (nSPS) is 15.7. The van der Waals surface area contributed by atoms with E-state index in [1.54, 1.807) is 16.8 Å². The number of rotatable bonds is 6. The maximum atomic E-state index is 13.3. The molecule has 4 rings (SSSR count). The first-order valence-corrected chi connectivity index (χ1v) is 9.59. The van der Waals surface area contributed by atoms with Gasteiger partial charge in [-0.1, -0.05) is 18.2 Å². The van der Waals surface area contributed by atoms with Gasteiger partial charge in [0.15, 0.2) is 0 Å². The second-order valence-corrected chi connectivity index (χ2v) is 7.06. The molecule has 0 aliphatic carbocycles. The number of carbonyl (C=O) groups is 1. The zero-order valence-electron chi connectivity index (χ0n) is 16.0. The van der Waals surface area contributed by atoms with Crippen LogP contribution in [0.2, 0.25) is 0 Å². The van der Waals surface area contributed by atoms with Gasteiger partial charge in [-0.2, -0.15) is 5.10 Å². The molecule has 0 radical (unpaired) electrons. The van der Waals surface area contributed by atoms with Crippen LogP contribution in [-0.4, -0.2) is 28.3 Å². The Morgan fingerprint density at radius 2 is 1.93 bits per heavy atom. The van der Waals surface area contributed by atoms with Gasteiger partial charge in [0.1, 0.15) is 5.82 Å². The number of benzene rings is 2. The second kappa shape index (κ2) is 9.67. The van der Waals surface area contributed by atoms with Crippen molar-refractivity contribution in [1.29, 1.82) is 0 Å². The van der Waals surface area contributed by atoms with Crippen molar-refractivity contribution in [2.75, 3.05) is 6.54 Å². The number of carbonyl (C=O) groups excluding carboxylic acids is 1. The van der Waals surface area contributed by atoms with E-state index in [4.69, 9.17) is 5.10 Å². The molecule has 1 fully saturated rings. The highest BCUT2D eigenvalue weighted by molar-refractivity contribution is 5.85. The van der Waals surface area contributed by atoms with Gasteiger partial charge in [0.25, 0.3) is 0 Å². The molecule has 7 heteroatoms. The molecule has 3 aromatic rings. The Morgan fingerprint density at radius 1 is 1.17 bits per heavy atom. The molecule has 0 bridgehead atoms. The van der Waals surface area contributed by atoms with Gasteiger partial charge in [-0.3, -0.25) is 4.79 Å². The van der Waals surface area contributed by atoms with Crippen molar-refractivity contribution in [3.63, 3.8) is 0 Å². The monoisotopic (exact) mass is 414 g/mol. The molecule has 1 unspecified atom stereocenters. The van der Waals surface area contributed by atoms with Gasteiger partial charge in [0.05, 0.1) is 11.4 Å². The van der Waals surface area contributed by atoms with Crippen molar-refractivity contribution in [3.8, 4) is 16.9 Å². The van der Waals surface area contributed by atoms with Gasteiger partial charge in [-0.25, -0.2) is 9.07 Å². The second-order valence-electron chi connectivity index (χ2n) is 7.06. The topological polar surface area (TPSA) is 59.0 Å². The highest BCUT2D eigenvalue weighted by Crippen LogP contribution is 2.24. The molecule has 1 aliphatic heterocycles. The van der Waals surface area contributed by atoms with Crippen molar-refractivity contribution in [2.24, 2.45) is 0 Å². The third-order valence-electron chi connectivity index (χ3n) is 5.00. The molecule has 5 nitrogen and oxygen atoms in total. The third-order valence-corrected chi connectivity index (χ3v) is 5.00. The van der Waals surface area contributed by atoms with Crippen LogP contribution in [0.25, 0.3) is 16.9 Å². The van der Waals surface area contributed by atoms with Crippen LogP contribution < -0.4 is 10.6 Å². The van der Waals surface area contributed by atoms with Crippen LogP contribution in [0.15, 0.2) is 60.8 Å². The lowest BCUT2D eigenvalue weighted by Gasteiger charge is -2.10. The number of para-hydroxylation sites is 1. The first-order valence-electron chi connectivity index (χ1n) is 9.59. The van der Waals surface area contributed by atoms with Crippen LogP contribution >= 0.6 is 12.4 Å². The van der Waals surface area contributed by atoms with Crippen LogP contribution in [-0.2, 0) is 11.3 Å². The Hall–Kier alpha value is -2.70. The summed E-state index contributed by atoms with van der Waals surface area (Å²) in [5.41, 5.74) is 3.38. The first kappa shape index (κ1) is 21.0. The van der Waals surface area contributed by atoms with Gasteiger partial charge >= 0.3 is 0 Å². The lowest BCUT2D eigenvalue weighted by molar-refractivity contribution is -0.121. The van der Waals surface area contributed by atoms with Gasteiger partial charge in [-0.05, 0) is 55.8 Å². The van der Waals surface area contributed by atoms with Crippen LogP contribution in [0.3, 0.4) is 0 Å². The van der Waals surface area contributed by atoms with Gasteiger partial charge < -0.3 is 10.6 Å². The van der Waals surface area contributed by atoms with E-state index < -0.39 is 0 Å². The van der Waals surface area contributed by atoms with Gasteiger partial charge in [0.2, 0.25) is 5.91 Å². The third kappa shape index (κ3) is 5.22. The minimum absolute atomic E-state index is 0. The quantitative estimate of drug-likeness (QED) is 0.644. The van der Waals surface area contributed by atoms with Gasteiger partial charge in [-0.15, -0.1) is 12.4 Å². The summed E-state index contributed by atoms with van der Waals surface area (Å²) in [5.74, 6) is -0.262. The average molecular weight is 415 g/mol. The maximum absolute atomic E-state index is 13.3. The summed E-state index contributed by atoms with van der Waals surface area (Å²) in [6.07, 6.45) is 4.57. The zero-order valence-corrected chi connectivity index (χ0v) is 16.8. The number of nitrogens with one attached hydrogen (secondary N) is 2. The predicted molar refractivity (Wildman–Crippen MR) is 114 cm³/mol. The first-order chi connectivity index (χ1) is 13.7. The Morgan fingerprint density at radius 3 is 2.62 bits per heavy atom. The largest absolute Gasteiger partial charge is 0.352 e. The summed E-state index contributed by atoms with van der Waals surface area (Å²) in [6, 6.07) is 16.3. The van der Waals surface area contributed by atoms with Crippen LogP contribution in [0.4, 0.5) is 4.39 Å². The number of halogens is 2. The number of amides is 1. The van der Waals surface area contributed by atoms with Gasteiger partial charge in [0, 0.05) is 36.3 Å². The van der Waals surface area contributed by atoms with Crippen molar-refractivity contribution < 1.29 is 9.18 Å². The number of hydrogen-bond donors (Lipinski definition) is 2. The molecule has 152 valence electrons. The Balaban J connectivity index is 0.00000240. The van der Waals surface area contributed by atoms with E-state index in [9.17, 15) is 9.18 Å². The zero-order chi connectivity index (χ0) is 19.3. The van der Waals surface area contributed by atoms with Crippen molar-refractivity contribution in [3.05, 3.63) is 72.2 Å². The van der Waals surface area contributed by atoms with E-state index in [-0.39, 0.29) is 30.2 Å². The predicted octanol–water partition coefficient (Wildman–Crippen LogP) is 3.86. The molecule has 1 saturated heterocycles. The molecule has 1 aliphatic rings. The van der Waals surface area contributed by atoms with Crippen LogP contribution in [0, 0.1) is 5.82 Å². The summed E-state index contributed by atoms with van der Waals surface area (Å²) in [5, 5.41) is 11.0.